The lowest BCUT2D eigenvalue weighted by molar-refractivity contribution is -0.137. The second kappa shape index (κ2) is 6.77. The number of benzene rings is 2. The van der Waals surface area contributed by atoms with Crippen LogP contribution in [0, 0.1) is 0 Å². The Bertz CT molecular complexity index is 523. The van der Waals surface area contributed by atoms with Gasteiger partial charge in [-0.2, -0.15) is 13.2 Å². The molecule has 0 aliphatic rings. The molecule has 0 bridgehead atoms. The number of hydrogen-bond donors (Lipinski definition) is 1. The summed E-state index contributed by atoms with van der Waals surface area (Å²) in [5.41, 5.74) is 6.90. The molecule has 0 saturated heterocycles. The van der Waals surface area contributed by atoms with Crippen LogP contribution in [0.2, 0.25) is 0 Å². The van der Waals surface area contributed by atoms with Gasteiger partial charge < -0.3 is 5.73 Å². The molecule has 0 heterocycles. The van der Waals surface area contributed by atoms with Crippen LogP contribution in [0.15, 0.2) is 54.6 Å². The molecule has 2 aromatic rings. The van der Waals surface area contributed by atoms with Crippen LogP contribution in [0.5, 0.6) is 0 Å². The fourth-order valence-corrected chi connectivity index (χ4v) is 2.05. The van der Waals surface area contributed by atoms with Gasteiger partial charge in [-0.05, 0) is 23.3 Å². The number of hydrogen-bond acceptors (Lipinski definition) is 1. The maximum Gasteiger partial charge on any atom is 0.416 e. The van der Waals surface area contributed by atoms with Gasteiger partial charge in [-0.1, -0.05) is 42.5 Å². The molecule has 2 rings (SSSR count). The lowest BCUT2D eigenvalue weighted by Gasteiger charge is -2.16. The maximum atomic E-state index is 12.5. The molecule has 1 atom stereocenters. The van der Waals surface area contributed by atoms with Gasteiger partial charge in [0.25, 0.3) is 0 Å². The first-order valence-corrected chi connectivity index (χ1v) is 5.94. The Kier molecular flexibility index (Phi) is 5.60. The van der Waals surface area contributed by atoms with Gasteiger partial charge in [0, 0.05) is 12.5 Å². The topological polar surface area (TPSA) is 26.0 Å². The largest absolute Gasteiger partial charge is 0.416 e. The summed E-state index contributed by atoms with van der Waals surface area (Å²) >= 11 is 0. The van der Waals surface area contributed by atoms with Crippen LogP contribution in [-0.4, -0.2) is 6.54 Å². The highest BCUT2D eigenvalue weighted by molar-refractivity contribution is 5.85. The zero-order valence-corrected chi connectivity index (χ0v) is 11.4. The third kappa shape index (κ3) is 3.74. The van der Waals surface area contributed by atoms with Crippen molar-refractivity contribution < 1.29 is 13.2 Å². The van der Waals surface area contributed by atoms with E-state index in [9.17, 15) is 13.2 Å². The zero-order chi connectivity index (χ0) is 13.9. The molecule has 20 heavy (non-hydrogen) atoms. The highest BCUT2D eigenvalue weighted by Gasteiger charge is 2.30. The Hall–Kier alpha value is -1.52. The Morgan fingerprint density at radius 2 is 1.35 bits per heavy atom. The molecule has 0 amide bonds. The molecular weight excluding hydrogens is 287 g/mol. The average Bonchev–Trinajstić information content (AvgIpc) is 2.40. The highest BCUT2D eigenvalue weighted by atomic mass is 35.5. The van der Waals surface area contributed by atoms with Crippen molar-refractivity contribution >= 4 is 12.4 Å². The smallest absolute Gasteiger partial charge is 0.330 e. The highest BCUT2D eigenvalue weighted by Crippen LogP contribution is 2.31. The molecule has 1 unspecified atom stereocenters. The van der Waals surface area contributed by atoms with Crippen LogP contribution < -0.4 is 5.73 Å². The summed E-state index contributed by atoms with van der Waals surface area (Å²) in [4.78, 5) is 0. The van der Waals surface area contributed by atoms with Crippen LogP contribution in [0.3, 0.4) is 0 Å². The molecule has 108 valence electrons. The van der Waals surface area contributed by atoms with E-state index in [2.05, 4.69) is 0 Å². The summed E-state index contributed by atoms with van der Waals surface area (Å²) in [7, 11) is 0. The molecule has 0 saturated carbocycles. The Labute approximate surface area is 122 Å². The minimum atomic E-state index is -4.30. The van der Waals surface area contributed by atoms with E-state index >= 15 is 0 Å². The molecule has 0 spiro atoms. The van der Waals surface area contributed by atoms with Crippen LogP contribution in [0.25, 0.3) is 0 Å². The van der Waals surface area contributed by atoms with Gasteiger partial charge in [0.1, 0.15) is 0 Å². The molecule has 0 aromatic heterocycles. The third-order valence-corrected chi connectivity index (χ3v) is 3.08. The molecule has 5 heteroatoms. The standard InChI is InChI=1S/C15H14F3N.ClH/c16-15(17,18)13-8-6-12(7-9-13)14(10-19)11-4-2-1-3-5-11;/h1-9,14H,10,19H2;1H. The van der Waals surface area contributed by atoms with Gasteiger partial charge in [0.15, 0.2) is 0 Å². The molecule has 2 N–H and O–H groups in total. The zero-order valence-electron chi connectivity index (χ0n) is 10.6. The third-order valence-electron chi connectivity index (χ3n) is 3.08. The number of rotatable bonds is 3. The van der Waals surface area contributed by atoms with E-state index in [1.54, 1.807) is 0 Å². The normalized spacial score (nSPS) is 12.6. The van der Waals surface area contributed by atoms with E-state index in [-0.39, 0.29) is 18.3 Å². The maximum absolute atomic E-state index is 12.5. The van der Waals surface area contributed by atoms with Crippen LogP contribution in [-0.2, 0) is 6.18 Å². The second-order valence-corrected chi connectivity index (χ2v) is 4.32. The van der Waals surface area contributed by atoms with Gasteiger partial charge in [0.05, 0.1) is 5.56 Å². The molecule has 1 nitrogen and oxygen atoms in total. The summed E-state index contributed by atoms with van der Waals surface area (Å²) in [6.45, 7) is 0.357. The SMILES string of the molecule is Cl.NCC(c1ccccc1)c1ccc(C(F)(F)F)cc1. The van der Waals surface area contributed by atoms with E-state index in [1.807, 2.05) is 30.3 Å². The van der Waals surface area contributed by atoms with Crippen LogP contribution in [0.4, 0.5) is 13.2 Å². The minimum absolute atomic E-state index is 0. The number of alkyl halides is 3. The monoisotopic (exact) mass is 301 g/mol. The van der Waals surface area contributed by atoms with Crippen molar-refractivity contribution in [2.45, 2.75) is 12.1 Å². The minimum Gasteiger partial charge on any atom is -0.330 e. The molecule has 0 aliphatic carbocycles. The van der Waals surface area contributed by atoms with Gasteiger partial charge in [-0.15, -0.1) is 12.4 Å². The van der Waals surface area contributed by atoms with E-state index in [1.165, 1.54) is 12.1 Å². The van der Waals surface area contributed by atoms with Gasteiger partial charge in [-0.25, -0.2) is 0 Å². The Balaban J connectivity index is 0.00000200. The lowest BCUT2D eigenvalue weighted by atomic mass is 9.91. The summed E-state index contributed by atoms with van der Waals surface area (Å²) < 4.78 is 37.5. The number of nitrogens with two attached hydrogens (primary N) is 1. The Morgan fingerprint density at radius 1 is 0.850 bits per heavy atom. The predicted octanol–water partition coefficient (Wildman–Crippen LogP) is 4.22. The van der Waals surface area contributed by atoms with Gasteiger partial charge >= 0.3 is 6.18 Å². The molecule has 0 aliphatic heterocycles. The van der Waals surface area contributed by atoms with Crippen molar-refractivity contribution in [1.82, 2.24) is 0 Å². The fourth-order valence-electron chi connectivity index (χ4n) is 2.05. The van der Waals surface area contributed by atoms with Gasteiger partial charge in [0.2, 0.25) is 0 Å². The van der Waals surface area contributed by atoms with Crippen molar-refractivity contribution in [3.8, 4) is 0 Å². The summed E-state index contributed by atoms with van der Waals surface area (Å²) in [6.07, 6.45) is -4.30. The summed E-state index contributed by atoms with van der Waals surface area (Å²) in [6, 6.07) is 14.7. The van der Waals surface area contributed by atoms with Crippen LogP contribution in [0.1, 0.15) is 22.6 Å². The van der Waals surface area contributed by atoms with Crippen LogP contribution >= 0.6 is 12.4 Å². The fraction of sp³-hybridized carbons (Fsp3) is 0.200. The summed E-state index contributed by atoms with van der Waals surface area (Å²) in [5, 5.41) is 0. The van der Waals surface area contributed by atoms with Crippen molar-refractivity contribution in [2.24, 2.45) is 5.73 Å². The van der Waals surface area contributed by atoms with Crippen molar-refractivity contribution in [3.05, 3.63) is 71.3 Å². The second-order valence-electron chi connectivity index (χ2n) is 4.32. The average molecular weight is 302 g/mol. The first-order chi connectivity index (χ1) is 9.02. The predicted molar refractivity (Wildman–Crippen MR) is 76.0 cm³/mol. The van der Waals surface area contributed by atoms with Crippen molar-refractivity contribution in [1.29, 1.82) is 0 Å². The van der Waals surface area contributed by atoms with E-state index < -0.39 is 11.7 Å². The molecular formula is C15H15ClF3N. The molecule has 2 aromatic carbocycles. The summed E-state index contributed by atoms with van der Waals surface area (Å²) in [5.74, 6) is -0.0801. The quantitative estimate of drug-likeness (QED) is 0.902. The first kappa shape index (κ1) is 16.5. The van der Waals surface area contributed by atoms with Crippen molar-refractivity contribution in [2.75, 3.05) is 6.54 Å². The van der Waals surface area contributed by atoms with E-state index in [0.29, 0.717) is 6.54 Å². The van der Waals surface area contributed by atoms with E-state index in [4.69, 9.17) is 5.73 Å². The lowest BCUT2D eigenvalue weighted by Crippen LogP contribution is -2.14. The van der Waals surface area contributed by atoms with E-state index in [0.717, 1.165) is 23.3 Å². The van der Waals surface area contributed by atoms with Crippen molar-refractivity contribution in [3.63, 3.8) is 0 Å². The molecule has 0 fully saturated rings. The molecule has 0 radical (unpaired) electrons. The first-order valence-electron chi connectivity index (χ1n) is 5.94. The Morgan fingerprint density at radius 3 is 1.80 bits per heavy atom. The number of halogens is 4. The van der Waals surface area contributed by atoms with Gasteiger partial charge in [-0.3, -0.25) is 0 Å².